The van der Waals surface area contributed by atoms with Crippen LogP contribution in [0.4, 0.5) is 4.79 Å². The maximum absolute atomic E-state index is 11.6. The second kappa shape index (κ2) is 11.2. The smallest absolute Gasteiger partial charge is 0.407 e. The Kier molecular flexibility index (Phi) is 9.33. The topological polar surface area (TPSA) is 84.0 Å². The summed E-state index contributed by atoms with van der Waals surface area (Å²) in [6, 6.07) is 7.92. The number of hydrogen-bond acceptors (Lipinski definition) is 4. The van der Waals surface area contributed by atoms with Crippen molar-refractivity contribution in [3.63, 3.8) is 0 Å². The third-order valence-electron chi connectivity index (χ3n) is 3.26. The molecule has 1 rings (SSSR count). The molecule has 1 aromatic carbocycles. The zero-order valence-corrected chi connectivity index (χ0v) is 16.5. The molecule has 0 fully saturated rings. The van der Waals surface area contributed by atoms with Gasteiger partial charge in [-0.2, -0.15) is 0 Å². The third kappa shape index (κ3) is 9.15. The molecule has 0 radical (unpaired) electrons. The van der Waals surface area contributed by atoms with Crippen molar-refractivity contribution in [1.82, 2.24) is 16.0 Å². The van der Waals surface area contributed by atoms with E-state index in [1.165, 1.54) is 0 Å². The first-order valence-corrected chi connectivity index (χ1v) is 8.97. The van der Waals surface area contributed by atoms with E-state index in [0.717, 1.165) is 17.7 Å². The number of guanidine groups is 1. The number of nitrogens with zero attached hydrogens (tertiary/aromatic N) is 1. The summed E-state index contributed by atoms with van der Waals surface area (Å²) < 4.78 is 10.8. The lowest BCUT2D eigenvalue weighted by atomic mass is 10.2. The van der Waals surface area contributed by atoms with Crippen LogP contribution >= 0.6 is 0 Å². The number of carbonyl (C=O) groups is 1. The quantitative estimate of drug-likeness (QED) is 0.375. The van der Waals surface area contributed by atoms with E-state index in [1.807, 2.05) is 52.0 Å². The number of benzene rings is 1. The number of hydrogen-bond donors (Lipinski definition) is 3. The first-order valence-electron chi connectivity index (χ1n) is 8.97. The number of aliphatic imine (C=N–C) groups is 1. The van der Waals surface area contributed by atoms with Crippen LogP contribution in [0.3, 0.4) is 0 Å². The summed E-state index contributed by atoms with van der Waals surface area (Å²) >= 11 is 0. The first kappa shape index (κ1) is 21.6. The van der Waals surface area contributed by atoms with Gasteiger partial charge in [-0.1, -0.05) is 18.2 Å². The number of nitrogens with one attached hydrogen (secondary N) is 3. The van der Waals surface area contributed by atoms with Gasteiger partial charge < -0.3 is 25.4 Å². The van der Waals surface area contributed by atoms with E-state index in [-0.39, 0.29) is 0 Å². The second-order valence-electron chi connectivity index (χ2n) is 6.68. The van der Waals surface area contributed by atoms with Crippen molar-refractivity contribution < 1.29 is 14.3 Å². The summed E-state index contributed by atoms with van der Waals surface area (Å²) in [7, 11) is 1.72. The highest BCUT2D eigenvalue weighted by atomic mass is 16.6. The molecule has 7 nitrogen and oxygen atoms in total. The van der Waals surface area contributed by atoms with E-state index in [4.69, 9.17) is 9.47 Å². The zero-order chi connectivity index (χ0) is 19.4. The highest BCUT2D eigenvalue weighted by molar-refractivity contribution is 5.79. The van der Waals surface area contributed by atoms with Gasteiger partial charge in [-0.3, -0.25) is 4.99 Å². The largest absolute Gasteiger partial charge is 0.494 e. The molecule has 0 saturated heterocycles. The van der Waals surface area contributed by atoms with Crippen LogP contribution in [0.5, 0.6) is 5.75 Å². The van der Waals surface area contributed by atoms with Crippen LogP contribution in [0.15, 0.2) is 29.3 Å². The average Bonchev–Trinajstić information content (AvgIpc) is 2.57. The summed E-state index contributed by atoms with van der Waals surface area (Å²) in [5, 5.41) is 9.21. The minimum atomic E-state index is -0.480. The molecule has 146 valence electrons. The van der Waals surface area contributed by atoms with E-state index in [0.29, 0.717) is 32.2 Å². The van der Waals surface area contributed by atoms with E-state index in [9.17, 15) is 4.79 Å². The highest BCUT2D eigenvalue weighted by Gasteiger charge is 2.15. The zero-order valence-electron chi connectivity index (χ0n) is 16.5. The number of alkyl carbamates (subject to hydrolysis) is 1. The second-order valence-corrected chi connectivity index (χ2v) is 6.68. The van der Waals surface area contributed by atoms with E-state index >= 15 is 0 Å². The Labute approximate surface area is 156 Å². The van der Waals surface area contributed by atoms with Gasteiger partial charge in [-0.05, 0) is 40.2 Å². The van der Waals surface area contributed by atoms with Gasteiger partial charge in [0.05, 0.1) is 6.61 Å². The summed E-state index contributed by atoms with van der Waals surface area (Å²) in [6.45, 7) is 9.96. The molecule has 0 heterocycles. The molecular formula is C19H32N4O3. The van der Waals surface area contributed by atoms with Crippen LogP contribution < -0.4 is 20.7 Å². The van der Waals surface area contributed by atoms with Crippen molar-refractivity contribution in [2.45, 2.75) is 46.3 Å². The molecule has 0 saturated carbocycles. The van der Waals surface area contributed by atoms with Gasteiger partial charge in [0.15, 0.2) is 5.96 Å². The average molecular weight is 364 g/mol. The maximum Gasteiger partial charge on any atom is 0.407 e. The van der Waals surface area contributed by atoms with Gasteiger partial charge in [-0.25, -0.2) is 4.79 Å². The van der Waals surface area contributed by atoms with Crippen molar-refractivity contribution in [3.8, 4) is 5.75 Å². The summed E-state index contributed by atoms with van der Waals surface area (Å²) in [5.74, 6) is 1.58. The monoisotopic (exact) mass is 364 g/mol. The standard InChI is InChI=1S/C19H32N4O3/c1-6-25-16-11-8-7-10-15(16)14-23-17(20-5)21-12-9-13-22-18(24)26-19(2,3)4/h7-8,10-11H,6,9,12-14H2,1-5H3,(H,22,24)(H2,20,21,23). The number of ether oxygens (including phenoxy) is 2. The van der Waals surface area contributed by atoms with Crippen molar-refractivity contribution in [3.05, 3.63) is 29.8 Å². The molecule has 0 aliphatic carbocycles. The Morgan fingerprint density at radius 3 is 2.46 bits per heavy atom. The van der Waals surface area contributed by atoms with E-state index in [1.54, 1.807) is 7.05 Å². The van der Waals surface area contributed by atoms with Gasteiger partial charge in [0.1, 0.15) is 11.4 Å². The number of para-hydroxylation sites is 1. The fourth-order valence-electron chi connectivity index (χ4n) is 2.15. The highest BCUT2D eigenvalue weighted by Crippen LogP contribution is 2.17. The Balaban J connectivity index is 2.29. The summed E-state index contributed by atoms with van der Waals surface area (Å²) in [6.07, 6.45) is 0.364. The molecule has 0 spiro atoms. The molecule has 3 N–H and O–H groups in total. The predicted octanol–water partition coefficient (Wildman–Crippen LogP) is 2.67. The molecule has 0 aliphatic rings. The van der Waals surface area contributed by atoms with Crippen LogP contribution in [0.2, 0.25) is 0 Å². The molecular weight excluding hydrogens is 332 g/mol. The lowest BCUT2D eigenvalue weighted by Crippen LogP contribution is -2.39. The van der Waals surface area contributed by atoms with Gasteiger partial charge in [0.25, 0.3) is 0 Å². The van der Waals surface area contributed by atoms with Crippen molar-refractivity contribution >= 4 is 12.1 Å². The van der Waals surface area contributed by atoms with Crippen LogP contribution in [0, 0.1) is 0 Å². The minimum Gasteiger partial charge on any atom is -0.494 e. The Morgan fingerprint density at radius 1 is 1.12 bits per heavy atom. The third-order valence-corrected chi connectivity index (χ3v) is 3.26. The van der Waals surface area contributed by atoms with Crippen molar-refractivity contribution in [1.29, 1.82) is 0 Å². The molecule has 0 aliphatic heterocycles. The fraction of sp³-hybridized carbons (Fsp3) is 0.579. The van der Waals surface area contributed by atoms with Crippen molar-refractivity contribution in [2.75, 3.05) is 26.7 Å². The van der Waals surface area contributed by atoms with E-state index in [2.05, 4.69) is 20.9 Å². The molecule has 1 aromatic rings. The van der Waals surface area contributed by atoms with Gasteiger partial charge >= 0.3 is 6.09 Å². The first-order chi connectivity index (χ1) is 12.4. The van der Waals surface area contributed by atoms with Gasteiger partial charge in [0.2, 0.25) is 0 Å². The van der Waals surface area contributed by atoms with Crippen LogP contribution in [-0.2, 0) is 11.3 Å². The Morgan fingerprint density at radius 2 is 1.81 bits per heavy atom. The van der Waals surface area contributed by atoms with Crippen molar-refractivity contribution in [2.24, 2.45) is 4.99 Å². The maximum atomic E-state index is 11.6. The number of amides is 1. The summed E-state index contributed by atoms with van der Waals surface area (Å²) in [4.78, 5) is 15.8. The van der Waals surface area contributed by atoms with Crippen LogP contribution in [0.25, 0.3) is 0 Å². The molecule has 1 amide bonds. The lowest BCUT2D eigenvalue weighted by molar-refractivity contribution is 0.0527. The predicted molar refractivity (Wildman–Crippen MR) is 105 cm³/mol. The molecule has 7 heteroatoms. The SMILES string of the molecule is CCOc1ccccc1CNC(=NC)NCCCNC(=O)OC(C)(C)C. The number of carbonyl (C=O) groups excluding carboxylic acids is 1. The Bertz CT molecular complexity index is 582. The molecule has 0 bridgehead atoms. The molecule has 0 unspecified atom stereocenters. The van der Waals surface area contributed by atoms with Gasteiger partial charge in [0, 0.05) is 32.2 Å². The molecule has 0 atom stereocenters. The minimum absolute atomic E-state index is 0.396. The van der Waals surface area contributed by atoms with E-state index < -0.39 is 11.7 Å². The lowest BCUT2D eigenvalue weighted by Gasteiger charge is -2.19. The van der Waals surface area contributed by atoms with Crippen LogP contribution in [-0.4, -0.2) is 44.4 Å². The normalized spacial score (nSPS) is 11.7. The summed E-state index contributed by atoms with van der Waals surface area (Å²) in [5.41, 5.74) is 0.593. The molecule has 26 heavy (non-hydrogen) atoms. The van der Waals surface area contributed by atoms with Gasteiger partial charge in [-0.15, -0.1) is 0 Å². The number of rotatable bonds is 8. The van der Waals surface area contributed by atoms with Crippen LogP contribution in [0.1, 0.15) is 39.7 Å². The fourth-order valence-corrected chi connectivity index (χ4v) is 2.15. The molecule has 0 aromatic heterocycles. The Hall–Kier alpha value is -2.44.